The van der Waals surface area contributed by atoms with Gasteiger partial charge in [-0.2, -0.15) is 0 Å². The number of furan rings is 1. The lowest BCUT2D eigenvalue weighted by atomic mass is 9.95. The molecule has 11 heteroatoms. The highest BCUT2D eigenvalue weighted by Gasteiger charge is 2.33. The number of amides is 3. The van der Waals surface area contributed by atoms with E-state index in [1.807, 2.05) is 18.2 Å². The molecule has 3 heterocycles. The van der Waals surface area contributed by atoms with Gasteiger partial charge in [-0.05, 0) is 65.4 Å². The number of anilines is 2. The van der Waals surface area contributed by atoms with Crippen LogP contribution < -0.4 is 10.2 Å². The van der Waals surface area contributed by atoms with Gasteiger partial charge in [-0.1, -0.05) is 41.4 Å². The number of aryl methyl sites for hydroxylation is 1. The summed E-state index contributed by atoms with van der Waals surface area (Å²) in [7, 11) is 0. The molecular formula is C31H25Cl2N3O6. The van der Waals surface area contributed by atoms with E-state index in [1.54, 1.807) is 41.5 Å². The van der Waals surface area contributed by atoms with Gasteiger partial charge in [-0.3, -0.25) is 19.3 Å². The number of hydrogen-bond acceptors (Lipinski definition) is 5. The summed E-state index contributed by atoms with van der Waals surface area (Å²) in [6.45, 7) is 0.613. The maximum atomic E-state index is 13.3. The van der Waals surface area contributed by atoms with Crippen molar-refractivity contribution in [3.8, 4) is 0 Å². The van der Waals surface area contributed by atoms with Crippen molar-refractivity contribution in [2.24, 2.45) is 0 Å². The Morgan fingerprint density at radius 2 is 1.90 bits per heavy atom. The molecule has 9 nitrogen and oxygen atoms in total. The molecule has 0 aliphatic carbocycles. The molecule has 0 spiro atoms. The number of hydrogen-bond donors (Lipinski definition) is 2. The van der Waals surface area contributed by atoms with Crippen LogP contribution in [0.4, 0.5) is 11.4 Å². The van der Waals surface area contributed by atoms with Crippen molar-refractivity contribution in [1.82, 2.24) is 4.90 Å². The third kappa shape index (κ3) is 5.10. The summed E-state index contributed by atoms with van der Waals surface area (Å²) in [6, 6.07) is 12.8. The monoisotopic (exact) mass is 605 g/mol. The molecule has 0 saturated carbocycles. The topological polar surface area (TPSA) is 120 Å². The number of nitrogens with one attached hydrogen (secondary N) is 1. The first-order chi connectivity index (χ1) is 20.2. The van der Waals surface area contributed by atoms with Crippen LogP contribution in [-0.4, -0.2) is 46.8 Å². The van der Waals surface area contributed by atoms with Gasteiger partial charge in [0.2, 0.25) is 12.3 Å². The molecule has 1 unspecified atom stereocenters. The van der Waals surface area contributed by atoms with Gasteiger partial charge in [0, 0.05) is 42.6 Å². The van der Waals surface area contributed by atoms with Gasteiger partial charge in [-0.25, -0.2) is 4.79 Å². The number of benzene rings is 3. The van der Waals surface area contributed by atoms with Gasteiger partial charge in [0.1, 0.15) is 11.6 Å². The van der Waals surface area contributed by atoms with E-state index in [9.17, 15) is 24.3 Å². The molecule has 1 atom stereocenters. The molecule has 3 aromatic carbocycles. The molecule has 2 N–H and O–H groups in total. The van der Waals surface area contributed by atoms with Crippen molar-refractivity contribution in [2.45, 2.75) is 38.3 Å². The molecule has 0 bridgehead atoms. The fraction of sp³-hybridized carbons (Fsp3) is 0.226. The largest absolute Gasteiger partial charge is 0.480 e. The van der Waals surface area contributed by atoms with Gasteiger partial charge in [0.15, 0.2) is 0 Å². The number of halogens is 2. The Balaban J connectivity index is 1.27. The number of carbonyl (C=O) groups is 4. The van der Waals surface area contributed by atoms with Crippen molar-refractivity contribution in [3.05, 3.63) is 92.7 Å². The fourth-order valence-corrected chi connectivity index (χ4v) is 6.46. The van der Waals surface area contributed by atoms with Crippen molar-refractivity contribution >= 4 is 69.7 Å². The van der Waals surface area contributed by atoms with Crippen LogP contribution in [-0.2, 0) is 40.2 Å². The van der Waals surface area contributed by atoms with Gasteiger partial charge in [0.05, 0.1) is 22.0 Å². The number of rotatable bonds is 7. The molecule has 6 rings (SSSR count). The third-order valence-electron chi connectivity index (χ3n) is 7.86. The zero-order valence-electron chi connectivity index (χ0n) is 22.2. The third-order valence-corrected chi connectivity index (χ3v) is 8.56. The average molecular weight is 606 g/mol. The number of aliphatic carboxylic acids is 1. The fourth-order valence-electron chi connectivity index (χ4n) is 5.68. The first-order valence-corrected chi connectivity index (χ1v) is 14.1. The lowest BCUT2D eigenvalue weighted by Crippen LogP contribution is -2.43. The molecule has 0 fully saturated rings. The Hall–Kier alpha value is -4.34. The Labute approximate surface area is 250 Å². The minimum atomic E-state index is -1.31. The van der Waals surface area contributed by atoms with Crippen molar-refractivity contribution < 1.29 is 28.7 Å². The van der Waals surface area contributed by atoms with Crippen LogP contribution in [0.1, 0.15) is 39.0 Å². The quantitative estimate of drug-likeness (QED) is 0.269. The Morgan fingerprint density at radius 1 is 1.07 bits per heavy atom. The molecule has 0 radical (unpaired) electrons. The van der Waals surface area contributed by atoms with Gasteiger partial charge >= 0.3 is 5.97 Å². The molecule has 4 aromatic rings. The minimum absolute atomic E-state index is 0.0384. The zero-order valence-corrected chi connectivity index (χ0v) is 23.7. The van der Waals surface area contributed by atoms with Crippen LogP contribution in [0.2, 0.25) is 10.0 Å². The van der Waals surface area contributed by atoms with Crippen LogP contribution >= 0.6 is 23.2 Å². The Morgan fingerprint density at radius 3 is 2.69 bits per heavy atom. The van der Waals surface area contributed by atoms with Crippen LogP contribution in [0.15, 0.2) is 59.2 Å². The highest BCUT2D eigenvalue weighted by Crippen LogP contribution is 2.41. The van der Waals surface area contributed by atoms with Crippen LogP contribution in [0.3, 0.4) is 0 Å². The van der Waals surface area contributed by atoms with E-state index in [4.69, 9.17) is 27.6 Å². The number of nitrogens with zero attached hydrogens (tertiary/aromatic N) is 2. The smallest absolute Gasteiger partial charge is 0.327 e. The van der Waals surface area contributed by atoms with Crippen LogP contribution in [0, 0.1) is 0 Å². The number of carboxylic acid groups (broad SMARTS) is 1. The summed E-state index contributed by atoms with van der Waals surface area (Å²) < 4.78 is 5.44. The number of carbonyl (C=O) groups excluding carboxylic acids is 3. The number of fused-ring (bicyclic) bond motifs is 3. The second-order valence-corrected chi connectivity index (χ2v) is 11.2. The first-order valence-electron chi connectivity index (χ1n) is 13.4. The summed E-state index contributed by atoms with van der Waals surface area (Å²) >= 11 is 13.5. The van der Waals surface area contributed by atoms with E-state index < -0.39 is 12.0 Å². The summed E-state index contributed by atoms with van der Waals surface area (Å²) in [5.74, 6) is -1.51. The molecule has 0 saturated heterocycles. The van der Waals surface area contributed by atoms with Gasteiger partial charge in [-0.15, -0.1) is 0 Å². The standard InChI is InChI=1S/C31H25Cl2N3O6/c32-23-13-21-15-35(30(39)20-4-3-19-8-10-42-26(19)14-20)9-7-22(21)28(33)29(23)36(16-37)25(31(40)41)12-17-1-2-18-5-6-27(38)34-24(18)11-17/h1-4,8,10-11,13-14,16,25H,5-7,9,12,15H2,(H,34,38)(H,40,41). The van der Waals surface area contributed by atoms with Gasteiger partial charge in [0.25, 0.3) is 5.91 Å². The number of carboxylic acids is 1. The molecule has 2 aliphatic rings. The van der Waals surface area contributed by atoms with E-state index in [0.29, 0.717) is 60.2 Å². The predicted molar refractivity (Wildman–Crippen MR) is 158 cm³/mol. The summed E-state index contributed by atoms with van der Waals surface area (Å²) in [5.41, 5.74) is 4.87. The van der Waals surface area contributed by atoms with Gasteiger partial charge < -0.3 is 19.7 Å². The van der Waals surface area contributed by atoms with E-state index in [1.165, 1.54) is 0 Å². The SMILES string of the molecule is O=CN(c1c(Cl)cc2c(c1Cl)CCN(C(=O)c1ccc3ccoc3c1)C2)C(Cc1ccc2c(c1)NC(=O)CC2)C(=O)O. The maximum absolute atomic E-state index is 13.3. The molecule has 42 heavy (non-hydrogen) atoms. The summed E-state index contributed by atoms with van der Waals surface area (Å²) in [4.78, 5) is 52.7. The molecule has 3 amide bonds. The summed E-state index contributed by atoms with van der Waals surface area (Å²) in [6.07, 6.45) is 3.34. The highest BCUT2D eigenvalue weighted by atomic mass is 35.5. The average Bonchev–Trinajstić information content (AvgIpc) is 3.45. The van der Waals surface area contributed by atoms with E-state index in [2.05, 4.69) is 5.32 Å². The molecular weight excluding hydrogens is 581 g/mol. The van der Waals surface area contributed by atoms with Crippen molar-refractivity contribution in [2.75, 3.05) is 16.8 Å². The molecule has 1 aromatic heterocycles. The Bertz CT molecular complexity index is 1770. The van der Waals surface area contributed by atoms with Crippen LogP contribution in [0.25, 0.3) is 11.0 Å². The van der Waals surface area contributed by atoms with E-state index >= 15 is 0 Å². The maximum Gasteiger partial charge on any atom is 0.327 e. The summed E-state index contributed by atoms with van der Waals surface area (Å²) in [5, 5.41) is 14.1. The normalized spacial score (nSPS) is 15.0. The lowest BCUT2D eigenvalue weighted by molar-refractivity contribution is -0.139. The predicted octanol–water partition coefficient (Wildman–Crippen LogP) is 5.48. The van der Waals surface area contributed by atoms with E-state index in [0.717, 1.165) is 21.4 Å². The molecule has 214 valence electrons. The second-order valence-electron chi connectivity index (χ2n) is 10.4. The van der Waals surface area contributed by atoms with Crippen LogP contribution in [0.5, 0.6) is 0 Å². The van der Waals surface area contributed by atoms with E-state index in [-0.39, 0.29) is 40.5 Å². The second kappa shape index (κ2) is 11.2. The lowest BCUT2D eigenvalue weighted by Gasteiger charge is -2.33. The van der Waals surface area contributed by atoms with Crippen molar-refractivity contribution in [3.63, 3.8) is 0 Å². The van der Waals surface area contributed by atoms with Crippen molar-refractivity contribution in [1.29, 1.82) is 0 Å². The zero-order chi connectivity index (χ0) is 29.5. The Kier molecular flexibility index (Phi) is 7.38. The highest BCUT2D eigenvalue weighted by molar-refractivity contribution is 6.40. The molecule has 2 aliphatic heterocycles. The first kappa shape index (κ1) is 27.8. The minimum Gasteiger partial charge on any atom is -0.480 e.